The van der Waals surface area contributed by atoms with Crippen LogP contribution in [0.25, 0.3) is 0 Å². The molecular weight excluding hydrogens is 204 g/mol. The fraction of sp³-hybridized carbons (Fsp3) is 1.00. The molecule has 2 atom stereocenters. The quantitative estimate of drug-likeness (QED) is 0.674. The molecule has 1 rings (SSSR count). The molecule has 0 spiro atoms. The monoisotopic (exact) mass is 216 g/mol. The Morgan fingerprint density at radius 1 is 1.50 bits per heavy atom. The summed E-state index contributed by atoms with van der Waals surface area (Å²) in [5.74, 6) is -3.29. The summed E-state index contributed by atoms with van der Waals surface area (Å²) in [6.07, 6.45) is -4.80. The van der Waals surface area contributed by atoms with Crippen LogP contribution in [0.3, 0.4) is 0 Å². The SMILES string of the molecule is CCOC1(CF)CC(C(F)(F)F)CO1. The molecule has 1 saturated heterocycles. The van der Waals surface area contributed by atoms with Gasteiger partial charge in [0.05, 0.1) is 12.5 Å². The zero-order valence-corrected chi connectivity index (χ0v) is 7.73. The molecule has 0 aromatic heterocycles. The second-order valence-electron chi connectivity index (χ2n) is 3.23. The maximum atomic E-state index is 12.5. The largest absolute Gasteiger partial charge is 0.394 e. The molecule has 1 aliphatic rings. The number of halogens is 4. The van der Waals surface area contributed by atoms with Crippen LogP contribution in [-0.4, -0.2) is 31.9 Å². The molecule has 14 heavy (non-hydrogen) atoms. The number of ether oxygens (including phenoxy) is 2. The zero-order valence-electron chi connectivity index (χ0n) is 7.73. The highest BCUT2D eigenvalue weighted by molar-refractivity contribution is 4.84. The van der Waals surface area contributed by atoms with Crippen LogP contribution in [0.1, 0.15) is 13.3 Å². The average Bonchev–Trinajstić information content (AvgIpc) is 2.50. The Kier molecular flexibility index (Phi) is 3.36. The highest BCUT2D eigenvalue weighted by atomic mass is 19.4. The van der Waals surface area contributed by atoms with E-state index < -0.39 is 37.6 Å². The lowest BCUT2D eigenvalue weighted by Crippen LogP contribution is -2.35. The van der Waals surface area contributed by atoms with Crippen LogP contribution in [0.15, 0.2) is 0 Å². The van der Waals surface area contributed by atoms with Gasteiger partial charge < -0.3 is 9.47 Å². The van der Waals surface area contributed by atoms with Crippen LogP contribution in [0.4, 0.5) is 17.6 Å². The molecule has 0 aromatic rings. The van der Waals surface area contributed by atoms with Gasteiger partial charge >= 0.3 is 6.18 Å². The molecule has 0 saturated carbocycles. The van der Waals surface area contributed by atoms with E-state index in [-0.39, 0.29) is 6.61 Å². The number of rotatable bonds is 3. The van der Waals surface area contributed by atoms with Gasteiger partial charge in [-0.3, -0.25) is 0 Å². The van der Waals surface area contributed by atoms with E-state index in [9.17, 15) is 17.6 Å². The van der Waals surface area contributed by atoms with E-state index in [2.05, 4.69) is 0 Å². The third-order valence-corrected chi connectivity index (χ3v) is 2.18. The molecule has 2 unspecified atom stereocenters. The number of alkyl halides is 4. The third-order valence-electron chi connectivity index (χ3n) is 2.18. The topological polar surface area (TPSA) is 18.5 Å². The van der Waals surface area contributed by atoms with Gasteiger partial charge in [-0.15, -0.1) is 0 Å². The van der Waals surface area contributed by atoms with Crippen molar-refractivity contribution in [2.24, 2.45) is 5.92 Å². The molecule has 2 nitrogen and oxygen atoms in total. The van der Waals surface area contributed by atoms with Gasteiger partial charge in [-0.1, -0.05) is 0 Å². The lowest BCUT2D eigenvalue weighted by atomic mass is 10.0. The Hall–Kier alpha value is -0.360. The van der Waals surface area contributed by atoms with Crippen LogP contribution in [0.5, 0.6) is 0 Å². The van der Waals surface area contributed by atoms with Crippen LogP contribution in [-0.2, 0) is 9.47 Å². The number of hydrogen-bond acceptors (Lipinski definition) is 2. The molecule has 1 heterocycles. The van der Waals surface area contributed by atoms with E-state index in [1.807, 2.05) is 0 Å². The molecule has 1 aliphatic heterocycles. The summed E-state index contributed by atoms with van der Waals surface area (Å²) in [6.45, 7) is 0.150. The Labute approximate surface area is 79.2 Å². The van der Waals surface area contributed by atoms with E-state index in [0.29, 0.717) is 0 Å². The van der Waals surface area contributed by atoms with Gasteiger partial charge in [-0.2, -0.15) is 13.2 Å². The summed E-state index contributed by atoms with van der Waals surface area (Å²) in [6, 6.07) is 0. The Balaban J connectivity index is 2.61. The highest BCUT2D eigenvalue weighted by Crippen LogP contribution is 2.40. The van der Waals surface area contributed by atoms with E-state index in [1.54, 1.807) is 6.92 Å². The van der Waals surface area contributed by atoms with Crippen LogP contribution in [0, 0.1) is 5.92 Å². The fourth-order valence-electron chi connectivity index (χ4n) is 1.45. The molecule has 0 N–H and O–H groups in total. The van der Waals surface area contributed by atoms with Crippen LogP contribution >= 0.6 is 0 Å². The van der Waals surface area contributed by atoms with Gasteiger partial charge in [0.2, 0.25) is 0 Å². The van der Waals surface area contributed by atoms with Crippen molar-refractivity contribution in [2.45, 2.75) is 25.3 Å². The minimum Gasteiger partial charge on any atom is -0.348 e. The molecule has 0 aliphatic carbocycles. The predicted molar refractivity (Wildman–Crippen MR) is 40.4 cm³/mol. The Bertz CT molecular complexity index is 194. The molecule has 0 aromatic carbocycles. The van der Waals surface area contributed by atoms with Crippen molar-refractivity contribution in [1.29, 1.82) is 0 Å². The van der Waals surface area contributed by atoms with E-state index in [0.717, 1.165) is 0 Å². The molecule has 84 valence electrons. The van der Waals surface area contributed by atoms with Gasteiger partial charge in [-0.05, 0) is 6.92 Å². The molecule has 6 heteroatoms. The molecule has 1 fully saturated rings. The van der Waals surface area contributed by atoms with Crippen LogP contribution < -0.4 is 0 Å². The van der Waals surface area contributed by atoms with Crippen molar-refractivity contribution in [3.05, 3.63) is 0 Å². The van der Waals surface area contributed by atoms with Crippen molar-refractivity contribution in [3.8, 4) is 0 Å². The third kappa shape index (κ3) is 2.36. The standard InChI is InChI=1S/C8H12F4O2/c1-2-13-7(5-9)3-6(4-14-7)8(10,11)12/h6H,2-5H2,1H3. The maximum Gasteiger partial charge on any atom is 0.394 e. The highest BCUT2D eigenvalue weighted by Gasteiger charge is 2.52. The first kappa shape index (κ1) is 11.7. The molecule has 0 amide bonds. The summed E-state index contributed by atoms with van der Waals surface area (Å²) in [4.78, 5) is 0. The second kappa shape index (κ2) is 4.02. The second-order valence-corrected chi connectivity index (χ2v) is 3.23. The first-order valence-corrected chi connectivity index (χ1v) is 4.34. The smallest absolute Gasteiger partial charge is 0.348 e. The van der Waals surface area contributed by atoms with Gasteiger partial charge in [0.15, 0.2) is 5.79 Å². The maximum absolute atomic E-state index is 12.5. The average molecular weight is 216 g/mol. The van der Waals surface area contributed by atoms with E-state index in [4.69, 9.17) is 9.47 Å². The van der Waals surface area contributed by atoms with Gasteiger partial charge in [0.25, 0.3) is 0 Å². The minimum absolute atomic E-state index is 0.133. The summed E-state index contributed by atoms with van der Waals surface area (Å²) in [5, 5.41) is 0. The first-order valence-electron chi connectivity index (χ1n) is 4.34. The van der Waals surface area contributed by atoms with Crippen molar-refractivity contribution < 1.29 is 27.0 Å². The summed E-state index contributed by atoms with van der Waals surface area (Å²) in [7, 11) is 0. The zero-order chi connectivity index (χ0) is 10.8. The van der Waals surface area contributed by atoms with E-state index >= 15 is 0 Å². The Morgan fingerprint density at radius 3 is 2.50 bits per heavy atom. The minimum atomic E-state index is -4.34. The first-order chi connectivity index (χ1) is 6.43. The van der Waals surface area contributed by atoms with Crippen molar-refractivity contribution in [1.82, 2.24) is 0 Å². The van der Waals surface area contributed by atoms with Crippen molar-refractivity contribution in [3.63, 3.8) is 0 Å². The molecular formula is C8H12F4O2. The van der Waals surface area contributed by atoms with Gasteiger partial charge in [0, 0.05) is 13.0 Å². The lowest BCUT2D eigenvalue weighted by Gasteiger charge is -2.24. The van der Waals surface area contributed by atoms with Crippen molar-refractivity contribution >= 4 is 0 Å². The summed E-state index contributed by atoms with van der Waals surface area (Å²) >= 11 is 0. The summed E-state index contributed by atoms with van der Waals surface area (Å²) < 4.78 is 58.8. The predicted octanol–water partition coefficient (Wildman–Crippen LogP) is 2.29. The summed E-state index contributed by atoms with van der Waals surface area (Å²) in [5.41, 5.74) is 0. The lowest BCUT2D eigenvalue weighted by molar-refractivity contribution is -0.215. The van der Waals surface area contributed by atoms with Crippen LogP contribution in [0.2, 0.25) is 0 Å². The van der Waals surface area contributed by atoms with E-state index in [1.165, 1.54) is 0 Å². The normalized spacial score (nSPS) is 33.6. The van der Waals surface area contributed by atoms with Gasteiger partial charge in [0.1, 0.15) is 6.67 Å². The fourth-order valence-corrected chi connectivity index (χ4v) is 1.45. The molecule has 0 radical (unpaired) electrons. The molecule has 0 bridgehead atoms. The van der Waals surface area contributed by atoms with Crippen molar-refractivity contribution in [2.75, 3.05) is 19.9 Å². The van der Waals surface area contributed by atoms with Gasteiger partial charge in [-0.25, -0.2) is 4.39 Å². The Morgan fingerprint density at radius 2 is 2.14 bits per heavy atom. The number of hydrogen-bond donors (Lipinski definition) is 0.